The Morgan fingerprint density at radius 1 is 0.240 bits per heavy atom. The monoisotopic (exact) mass is 852 g/mol. The molecule has 0 radical (unpaired) electrons. The lowest BCUT2D eigenvalue weighted by molar-refractivity contribution is -0.484. The van der Waals surface area contributed by atoms with Gasteiger partial charge >= 0.3 is 92.9 Å². The van der Waals surface area contributed by atoms with E-state index in [2.05, 4.69) is 0 Å². The minimum absolute atomic E-state index is 0.910. The van der Waals surface area contributed by atoms with E-state index in [9.17, 15) is 140 Å². The Balaban J connectivity index is 8.67. The number of rotatable bonds is 12. The zero-order valence-electron chi connectivity index (χ0n) is 20.8. The fraction of sp³-hybridized carbons (Fsp3) is 1.00. The van der Waals surface area contributed by atoms with E-state index in [1.54, 1.807) is 0 Å². The van der Waals surface area contributed by atoms with E-state index in [1.807, 2.05) is 0 Å². The summed E-state index contributed by atoms with van der Waals surface area (Å²) in [5.41, 5.74) is -9.35. The molecule has 0 fully saturated rings. The van der Waals surface area contributed by atoms with Gasteiger partial charge in [-0.15, -0.1) is 0 Å². The first-order chi connectivity index (χ1) is 20.9. The predicted octanol–water partition coefficient (Wildman–Crippen LogP) is 9.99. The summed E-state index contributed by atoms with van der Waals surface area (Å²) in [4.78, 5) is 0. The van der Waals surface area contributed by atoms with Crippen LogP contribution in [-0.2, 0) is 13.3 Å². The first-order valence-electron chi connectivity index (χ1n) is 10.0. The molecule has 0 N–H and O–H groups in total. The van der Waals surface area contributed by atoms with Gasteiger partial charge in [-0.1, -0.05) is 0 Å². The molecule has 1 atom stereocenters. The van der Waals surface area contributed by atoms with Gasteiger partial charge in [-0.3, -0.25) is 0 Å². The third-order valence-electron chi connectivity index (χ3n) is 4.90. The molecule has 0 heterocycles. The molecular formula is C14F32O3Si. The Morgan fingerprint density at radius 2 is 0.500 bits per heavy atom. The molecular weight excluding hydrogens is 852 g/mol. The highest BCUT2D eigenvalue weighted by molar-refractivity contribution is 6.64. The van der Waals surface area contributed by atoms with Crippen LogP contribution in [0.5, 0.6) is 0 Å². The van der Waals surface area contributed by atoms with Crippen LogP contribution < -0.4 is 0 Å². The maximum absolute atomic E-state index is 14.7. The second-order valence-electron chi connectivity index (χ2n) is 8.43. The highest BCUT2D eigenvalue weighted by Gasteiger charge is 2.98. The van der Waals surface area contributed by atoms with Gasteiger partial charge in [0.05, 0.1) is 0 Å². The van der Waals surface area contributed by atoms with Crippen molar-refractivity contribution in [2.75, 3.05) is 0 Å². The molecule has 0 aromatic heterocycles. The molecule has 0 rings (SSSR count). The lowest BCUT2D eigenvalue weighted by Crippen LogP contribution is -2.80. The van der Waals surface area contributed by atoms with Gasteiger partial charge in [0.25, 0.3) is 0 Å². The second-order valence-corrected chi connectivity index (χ2v) is 10.8. The van der Waals surface area contributed by atoms with Gasteiger partial charge in [-0.05, 0) is 0 Å². The third-order valence-corrected chi connectivity index (χ3v) is 7.56. The van der Waals surface area contributed by atoms with Crippen molar-refractivity contribution in [3.63, 3.8) is 0 Å². The molecule has 0 aliphatic carbocycles. The largest absolute Gasteiger partial charge is 0.598 e. The fourth-order valence-electron chi connectivity index (χ4n) is 2.34. The third kappa shape index (κ3) is 6.99. The molecule has 50 heavy (non-hydrogen) atoms. The summed E-state index contributed by atoms with van der Waals surface area (Å²) in [6, 6.07) is 0. The van der Waals surface area contributed by atoms with Crippen LogP contribution in [0.1, 0.15) is 0 Å². The van der Waals surface area contributed by atoms with Crippen LogP contribution in [0, 0.1) is 0 Å². The van der Waals surface area contributed by atoms with Gasteiger partial charge in [0, 0.05) is 0 Å². The van der Waals surface area contributed by atoms with Gasteiger partial charge in [-0.2, -0.15) is 140 Å². The average Bonchev–Trinajstić information content (AvgIpc) is 2.78. The molecule has 0 aromatic carbocycles. The fourth-order valence-corrected chi connectivity index (χ4v) is 4.72. The summed E-state index contributed by atoms with van der Waals surface area (Å²) in [5.74, 6) is -58.5. The Hall–Kier alpha value is -2.14. The molecule has 0 aliphatic heterocycles. The lowest BCUT2D eigenvalue weighted by Gasteiger charge is -2.47. The highest BCUT2D eigenvalue weighted by Crippen LogP contribution is 2.65. The average molecular weight is 852 g/mol. The minimum Gasteiger partial charge on any atom is -0.324 e. The maximum Gasteiger partial charge on any atom is 0.598 e. The SMILES string of the molecule is FC(F)(F)C(F)(F)O[Si](OC(F)(F)C(F)(F)F)(OC(F)(C(F)(F)F)C(F)(F)C(F)(F)C(F)(F)C(F)(F)C(F)(F)C(F)(F)F)C(F)(F)C(F)(F)F. The molecule has 0 spiro atoms. The zero-order chi connectivity index (χ0) is 41.6. The summed E-state index contributed by atoms with van der Waals surface area (Å²) in [5, 5.41) is 0. The van der Waals surface area contributed by atoms with Crippen molar-refractivity contribution in [2.45, 2.75) is 84.1 Å². The predicted molar refractivity (Wildman–Crippen MR) is 82.7 cm³/mol. The molecule has 0 saturated heterocycles. The Bertz CT molecular complexity index is 1170. The topological polar surface area (TPSA) is 27.7 Å². The van der Waals surface area contributed by atoms with Crippen LogP contribution in [0.25, 0.3) is 0 Å². The number of hydrogen-bond acceptors (Lipinski definition) is 3. The van der Waals surface area contributed by atoms with Gasteiger partial charge < -0.3 is 13.3 Å². The van der Waals surface area contributed by atoms with E-state index in [1.165, 1.54) is 0 Å². The molecule has 3 nitrogen and oxygen atoms in total. The molecule has 0 aliphatic rings. The first kappa shape index (κ1) is 47.9. The minimum atomic E-state index is -11.8. The van der Waals surface area contributed by atoms with E-state index in [0.29, 0.717) is 0 Å². The number of hydrogen-bond donors (Lipinski definition) is 0. The van der Waals surface area contributed by atoms with E-state index in [-0.39, 0.29) is 0 Å². The Morgan fingerprint density at radius 3 is 0.720 bits per heavy atom. The number of halogens is 32. The van der Waals surface area contributed by atoms with Crippen molar-refractivity contribution in [1.29, 1.82) is 0 Å². The lowest BCUT2D eigenvalue weighted by atomic mass is 9.90. The molecule has 0 aromatic rings. The van der Waals surface area contributed by atoms with Crippen molar-refractivity contribution in [1.82, 2.24) is 0 Å². The van der Waals surface area contributed by atoms with Gasteiger partial charge in [-0.25, -0.2) is 0 Å². The van der Waals surface area contributed by atoms with Crippen LogP contribution >= 0.6 is 0 Å². The normalized spacial score (nSPS) is 18.0. The van der Waals surface area contributed by atoms with E-state index >= 15 is 0 Å². The maximum atomic E-state index is 14.7. The van der Waals surface area contributed by atoms with Crippen molar-refractivity contribution < 1.29 is 154 Å². The second kappa shape index (κ2) is 11.9. The summed E-state index contributed by atoms with van der Waals surface area (Å²) in [6.07, 6.45) is -60.9. The molecule has 0 amide bonds. The van der Waals surface area contributed by atoms with Crippen LogP contribution in [0.2, 0.25) is 0 Å². The van der Waals surface area contributed by atoms with Crippen molar-refractivity contribution in [3.05, 3.63) is 0 Å². The van der Waals surface area contributed by atoms with E-state index in [4.69, 9.17) is 0 Å². The summed E-state index contributed by atoms with van der Waals surface area (Å²) >= 11 is 0. The van der Waals surface area contributed by atoms with Crippen molar-refractivity contribution in [3.8, 4) is 0 Å². The van der Waals surface area contributed by atoms with Gasteiger partial charge in [0.1, 0.15) is 0 Å². The standard InChI is InChI=1S/C14F32O3Si/c15-1(16,3(19,20)5(23,24)7(26,27)28)2(17,18)4(21,22)6(25,8(29,30)31)47-50(14(45,46)11(38,39)40,48-12(41,42)9(32,33)34)49-13(43,44)10(35,36)37. The van der Waals surface area contributed by atoms with Gasteiger partial charge in [0.15, 0.2) is 0 Å². The molecule has 302 valence electrons. The summed E-state index contributed by atoms with van der Waals surface area (Å²) in [7, 11) is -11.8. The van der Waals surface area contributed by atoms with E-state index < -0.39 is 92.9 Å². The highest BCUT2D eigenvalue weighted by atomic mass is 28.4. The molecule has 0 bridgehead atoms. The summed E-state index contributed by atoms with van der Waals surface area (Å²) in [6.45, 7) is 0. The van der Waals surface area contributed by atoms with Crippen LogP contribution in [0.4, 0.5) is 140 Å². The smallest absolute Gasteiger partial charge is 0.324 e. The van der Waals surface area contributed by atoms with Crippen molar-refractivity contribution in [2.24, 2.45) is 0 Å². The first-order valence-corrected chi connectivity index (χ1v) is 11.7. The molecule has 1 unspecified atom stereocenters. The Labute approximate surface area is 248 Å². The van der Waals surface area contributed by atoms with Crippen LogP contribution in [-0.4, -0.2) is 92.9 Å². The quantitative estimate of drug-likeness (QED) is 0.145. The zero-order valence-corrected chi connectivity index (χ0v) is 21.8. The van der Waals surface area contributed by atoms with Crippen LogP contribution in [0.15, 0.2) is 0 Å². The summed E-state index contributed by atoms with van der Waals surface area (Å²) < 4.78 is 425. The molecule has 0 saturated carbocycles. The van der Waals surface area contributed by atoms with Crippen molar-refractivity contribution >= 4 is 8.80 Å². The molecule has 36 heteroatoms. The van der Waals surface area contributed by atoms with E-state index in [0.717, 1.165) is 13.3 Å². The Kier molecular flexibility index (Phi) is 11.4. The number of alkyl halides is 32. The van der Waals surface area contributed by atoms with Crippen LogP contribution in [0.3, 0.4) is 0 Å². The van der Waals surface area contributed by atoms with Gasteiger partial charge in [0.2, 0.25) is 0 Å².